The van der Waals surface area contributed by atoms with Crippen molar-refractivity contribution in [1.29, 1.82) is 0 Å². The van der Waals surface area contributed by atoms with Crippen molar-refractivity contribution in [2.24, 2.45) is 0 Å². The molecule has 0 aliphatic rings. The van der Waals surface area contributed by atoms with Crippen LogP contribution in [0.25, 0.3) is 0 Å². The van der Waals surface area contributed by atoms with Crippen molar-refractivity contribution in [1.82, 2.24) is 0 Å². The third-order valence-corrected chi connectivity index (χ3v) is 3.03. The van der Waals surface area contributed by atoms with Gasteiger partial charge in [-0.25, -0.2) is 4.39 Å². The zero-order chi connectivity index (χ0) is 13.1. The first-order chi connectivity index (χ1) is 8.54. The molecule has 2 rings (SSSR count). The Morgan fingerprint density at radius 1 is 1.22 bits per heavy atom. The summed E-state index contributed by atoms with van der Waals surface area (Å²) in [6.07, 6.45) is 0. The van der Waals surface area contributed by atoms with Gasteiger partial charge < -0.3 is 9.84 Å². The van der Waals surface area contributed by atoms with Gasteiger partial charge in [-0.1, -0.05) is 6.07 Å². The average molecular weight is 311 g/mol. The van der Waals surface area contributed by atoms with Gasteiger partial charge in [0.1, 0.15) is 23.9 Å². The van der Waals surface area contributed by atoms with Crippen LogP contribution in [0.3, 0.4) is 0 Å². The zero-order valence-corrected chi connectivity index (χ0v) is 11.4. The van der Waals surface area contributed by atoms with Crippen LogP contribution in [0.4, 0.5) is 4.39 Å². The zero-order valence-electron chi connectivity index (χ0n) is 9.78. The summed E-state index contributed by atoms with van der Waals surface area (Å²) >= 11 is 3.12. The van der Waals surface area contributed by atoms with E-state index in [-0.39, 0.29) is 11.6 Å². The van der Waals surface area contributed by atoms with Crippen LogP contribution in [0.2, 0.25) is 0 Å². The minimum Gasteiger partial charge on any atom is -0.508 e. The molecule has 0 unspecified atom stereocenters. The summed E-state index contributed by atoms with van der Waals surface area (Å²) in [4.78, 5) is 0. The van der Waals surface area contributed by atoms with Gasteiger partial charge in [0.15, 0.2) is 0 Å². The summed E-state index contributed by atoms with van der Waals surface area (Å²) in [5.41, 5.74) is 1.77. The highest BCUT2D eigenvalue weighted by Crippen LogP contribution is 2.23. The summed E-state index contributed by atoms with van der Waals surface area (Å²) in [6.45, 7) is 2.20. The topological polar surface area (TPSA) is 29.5 Å². The molecule has 2 aromatic rings. The molecule has 2 aromatic carbocycles. The number of rotatable bonds is 3. The van der Waals surface area contributed by atoms with Crippen molar-refractivity contribution in [3.63, 3.8) is 0 Å². The van der Waals surface area contributed by atoms with Gasteiger partial charge >= 0.3 is 0 Å². The van der Waals surface area contributed by atoms with Gasteiger partial charge in [-0.15, -0.1) is 0 Å². The molecule has 0 aliphatic carbocycles. The van der Waals surface area contributed by atoms with Crippen molar-refractivity contribution >= 4 is 15.9 Å². The van der Waals surface area contributed by atoms with E-state index in [1.807, 2.05) is 13.0 Å². The van der Waals surface area contributed by atoms with Crippen molar-refractivity contribution in [2.75, 3.05) is 0 Å². The Morgan fingerprint density at radius 2 is 2.00 bits per heavy atom. The number of aromatic hydroxyl groups is 1. The summed E-state index contributed by atoms with van der Waals surface area (Å²) in [5, 5.41) is 9.43. The highest BCUT2D eigenvalue weighted by molar-refractivity contribution is 9.10. The maximum atomic E-state index is 13.0. The molecule has 18 heavy (non-hydrogen) atoms. The first kappa shape index (κ1) is 12.9. The second-order valence-electron chi connectivity index (χ2n) is 4.04. The van der Waals surface area contributed by atoms with Crippen LogP contribution in [-0.4, -0.2) is 5.11 Å². The molecule has 0 amide bonds. The summed E-state index contributed by atoms with van der Waals surface area (Å²) in [7, 11) is 0. The lowest BCUT2D eigenvalue weighted by atomic mass is 10.2. The van der Waals surface area contributed by atoms with E-state index >= 15 is 0 Å². The molecule has 0 aliphatic heterocycles. The number of hydrogen-bond acceptors (Lipinski definition) is 2. The maximum absolute atomic E-state index is 13.0. The van der Waals surface area contributed by atoms with Gasteiger partial charge in [0.05, 0.1) is 4.47 Å². The van der Waals surface area contributed by atoms with E-state index in [1.54, 1.807) is 24.3 Å². The number of phenols is 1. The minimum atomic E-state index is -0.299. The fourth-order valence-corrected chi connectivity index (χ4v) is 2.03. The number of ether oxygens (including phenoxy) is 1. The molecular formula is C14H12BrFO2. The van der Waals surface area contributed by atoms with Gasteiger partial charge in [0, 0.05) is 6.07 Å². The largest absolute Gasteiger partial charge is 0.508 e. The van der Waals surface area contributed by atoms with E-state index in [0.717, 1.165) is 11.1 Å². The van der Waals surface area contributed by atoms with Crippen LogP contribution in [0.1, 0.15) is 11.1 Å². The Bertz CT molecular complexity index is 549. The van der Waals surface area contributed by atoms with Crippen LogP contribution < -0.4 is 4.74 Å². The van der Waals surface area contributed by atoms with E-state index in [1.165, 1.54) is 6.07 Å². The van der Waals surface area contributed by atoms with E-state index in [4.69, 9.17) is 4.74 Å². The van der Waals surface area contributed by atoms with Crippen molar-refractivity contribution in [2.45, 2.75) is 13.5 Å². The van der Waals surface area contributed by atoms with Crippen molar-refractivity contribution in [3.8, 4) is 11.5 Å². The fraction of sp³-hybridized carbons (Fsp3) is 0.143. The molecule has 0 heterocycles. The summed E-state index contributed by atoms with van der Waals surface area (Å²) in [6, 6.07) is 9.75. The lowest BCUT2D eigenvalue weighted by Crippen LogP contribution is -1.96. The SMILES string of the molecule is Cc1cc(O)cc(OCc2ccc(F)c(Br)c2)c1. The third kappa shape index (κ3) is 3.23. The van der Waals surface area contributed by atoms with Gasteiger partial charge in [-0.05, 0) is 58.2 Å². The van der Waals surface area contributed by atoms with Gasteiger partial charge in [-0.2, -0.15) is 0 Å². The normalized spacial score (nSPS) is 10.4. The molecule has 94 valence electrons. The maximum Gasteiger partial charge on any atom is 0.137 e. The predicted molar refractivity (Wildman–Crippen MR) is 71.3 cm³/mol. The standard InChI is InChI=1S/C14H12BrFO2/c1-9-4-11(17)7-12(5-9)18-8-10-2-3-14(16)13(15)6-10/h2-7,17H,8H2,1H3. The second-order valence-corrected chi connectivity index (χ2v) is 4.90. The van der Waals surface area contributed by atoms with Gasteiger partial charge in [0.25, 0.3) is 0 Å². The lowest BCUT2D eigenvalue weighted by molar-refractivity contribution is 0.304. The number of benzene rings is 2. The highest BCUT2D eigenvalue weighted by Gasteiger charge is 2.02. The number of halogens is 2. The van der Waals surface area contributed by atoms with Gasteiger partial charge in [0.2, 0.25) is 0 Å². The number of phenolic OH excluding ortho intramolecular Hbond substituents is 1. The van der Waals surface area contributed by atoms with E-state index in [0.29, 0.717) is 16.8 Å². The summed E-state index contributed by atoms with van der Waals surface area (Å²) in [5.74, 6) is 0.463. The Morgan fingerprint density at radius 3 is 2.67 bits per heavy atom. The minimum absolute atomic E-state index is 0.172. The number of aryl methyl sites for hydroxylation is 1. The molecule has 0 bridgehead atoms. The van der Waals surface area contributed by atoms with Crippen LogP contribution >= 0.6 is 15.9 Å². The second kappa shape index (κ2) is 5.40. The third-order valence-electron chi connectivity index (χ3n) is 2.43. The van der Waals surface area contributed by atoms with Gasteiger partial charge in [-0.3, -0.25) is 0 Å². The molecule has 0 atom stereocenters. The average Bonchev–Trinajstić information content (AvgIpc) is 2.29. The monoisotopic (exact) mass is 310 g/mol. The molecule has 2 nitrogen and oxygen atoms in total. The van der Waals surface area contributed by atoms with Crippen molar-refractivity contribution < 1.29 is 14.2 Å². The summed E-state index contributed by atoms with van der Waals surface area (Å²) < 4.78 is 19.0. The Labute approximate surface area is 113 Å². The van der Waals surface area contributed by atoms with Crippen LogP contribution in [0.5, 0.6) is 11.5 Å². The first-order valence-corrected chi connectivity index (χ1v) is 6.21. The molecule has 0 saturated heterocycles. The lowest BCUT2D eigenvalue weighted by Gasteiger charge is -2.08. The smallest absolute Gasteiger partial charge is 0.137 e. The fourth-order valence-electron chi connectivity index (χ4n) is 1.61. The van der Waals surface area contributed by atoms with E-state index < -0.39 is 0 Å². The molecule has 4 heteroatoms. The molecule has 0 aromatic heterocycles. The Balaban J connectivity index is 2.08. The molecular weight excluding hydrogens is 299 g/mol. The van der Waals surface area contributed by atoms with E-state index in [9.17, 15) is 9.50 Å². The predicted octanol–water partition coefficient (Wildman–Crippen LogP) is 4.18. The quantitative estimate of drug-likeness (QED) is 0.921. The van der Waals surface area contributed by atoms with E-state index in [2.05, 4.69) is 15.9 Å². The number of hydrogen-bond donors (Lipinski definition) is 1. The molecule has 0 saturated carbocycles. The molecule has 0 radical (unpaired) electrons. The Hall–Kier alpha value is -1.55. The van der Waals surface area contributed by atoms with Crippen molar-refractivity contribution in [3.05, 3.63) is 57.8 Å². The molecule has 0 fully saturated rings. The molecule has 1 N–H and O–H groups in total. The Kier molecular flexibility index (Phi) is 3.87. The molecule has 0 spiro atoms. The first-order valence-electron chi connectivity index (χ1n) is 5.42. The highest BCUT2D eigenvalue weighted by atomic mass is 79.9. The van der Waals surface area contributed by atoms with Crippen LogP contribution in [-0.2, 0) is 6.61 Å². The van der Waals surface area contributed by atoms with Crippen LogP contribution in [0.15, 0.2) is 40.9 Å². The van der Waals surface area contributed by atoms with Crippen LogP contribution in [0, 0.1) is 12.7 Å².